The molecule has 2 aliphatic heterocycles. The molecule has 1 N–H and O–H groups in total. The summed E-state index contributed by atoms with van der Waals surface area (Å²) >= 11 is 0. The average molecular weight is 633 g/mol. The molecule has 0 saturated carbocycles. The van der Waals surface area contributed by atoms with Gasteiger partial charge in [-0.05, 0) is 43.0 Å². The number of piperidine rings is 1. The zero-order valence-electron chi connectivity index (χ0n) is 22.7. The predicted octanol–water partition coefficient (Wildman–Crippen LogP) is 3.37. The van der Waals surface area contributed by atoms with Crippen molar-refractivity contribution in [3.63, 3.8) is 0 Å². The number of rotatable bonds is 7. The summed E-state index contributed by atoms with van der Waals surface area (Å²) in [6, 6.07) is 6.26. The monoisotopic (exact) mass is 632 g/mol. The number of hydrogen-bond acceptors (Lipinski definition) is 8. The SMILES string of the molecule is COC(=O)C(NC(=O)c1ccc2c(c1)nc(C(F)(F)F)n2Cc1cccc2c1OC(F)(F)O2)C1CCN(S(C)(=O)=O)CC1. The van der Waals surface area contributed by atoms with Crippen molar-refractivity contribution in [3.05, 3.63) is 53.3 Å². The lowest BCUT2D eigenvalue weighted by molar-refractivity contribution is -0.287. The highest BCUT2D eigenvalue weighted by Crippen LogP contribution is 2.44. The molecule has 3 heterocycles. The van der Waals surface area contributed by atoms with Crippen LogP contribution in [-0.2, 0) is 32.3 Å². The number of ether oxygens (including phenoxy) is 3. The van der Waals surface area contributed by atoms with E-state index in [1.807, 2.05) is 0 Å². The number of aromatic nitrogens is 2. The third-order valence-electron chi connectivity index (χ3n) is 7.28. The minimum absolute atomic E-state index is 0.0239. The smallest absolute Gasteiger partial charge is 0.467 e. The van der Waals surface area contributed by atoms with Gasteiger partial charge in [-0.1, -0.05) is 12.1 Å². The lowest BCUT2D eigenvalue weighted by atomic mass is 9.90. The number of imidazole rings is 1. The number of para-hydroxylation sites is 1. The van der Waals surface area contributed by atoms with Gasteiger partial charge >= 0.3 is 18.4 Å². The van der Waals surface area contributed by atoms with Crippen molar-refractivity contribution < 1.29 is 54.2 Å². The molecular formula is C26H25F5N4O7S. The summed E-state index contributed by atoms with van der Waals surface area (Å²) in [4.78, 5) is 29.4. The van der Waals surface area contributed by atoms with Crippen LogP contribution in [0.3, 0.4) is 0 Å². The molecule has 3 aromatic rings. The zero-order chi connectivity index (χ0) is 31.3. The first-order valence-corrected chi connectivity index (χ1v) is 14.7. The number of methoxy groups -OCH3 is 1. The van der Waals surface area contributed by atoms with E-state index in [-0.39, 0.29) is 53.8 Å². The number of benzene rings is 2. The molecule has 1 unspecified atom stereocenters. The Labute approximate surface area is 241 Å². The maximum atomic E-state index is 14.0. The molecular weight excluding hydrogens is 607 g/mol. The lowest BCUT2D eigenvalue weighted by Crippen LogP contribution is -2.50. The Balaban J connectivity index is 1.42. The number of nitrogens with one attached hydrogen (secondary N) is 1. The fourth-order valence-corrected chi connectivity index (χ4v) is 6.10. The van der Waals surface area contributed by atoms with Gasteiger partial charge in [-0.2, -0.15) is 13.2 Å². The van der Waals surface area contributed by atoms with Gasteiger partial charge in [0.1, 0.15) is 6.04 Å². The van der Waals surface area contributed by atoms with E-state index in [1.54, 1.807) is 0 Å². The number of carbonyl (C=O) groups excluding carboxylic acids is 2. The van der Waals surface area contributed by atoms with Crippen molar-refractivity contribution in [2.75, 3.05) is 26.5 Å². The number of nitrogens with zero attached hydrogens (tertiary/aromatic N) is 3. The maximum absolute atomic E-state index is 14.0. The Hall–Kier alpha value is -3.99. The largest absolute Gasteiger partial charge is 0.586 e. The molecule has 0 aliphatic carbocycles. The normalized spacial score (nSPS) is 18.0. The van der Waals surface area contributed by atoms with E-state index in [0.29, 0.717) is 0 Å². The van der Waals surface area contributed by atoms with Gasteiger partial charge in [0.2, 0.25) is 15.8 Å². The van der Waals surface area contributed by atoms with Crippen molar-refractivity contribution in [2.24, 2.45) is 5.92 Å². The second-order valence-corrected chi connectivity index (χ2v) is 12.1. The van der Waals surface area contributed by atoms with Crippen LogP contribution in [0.25, 0.3) is 11.0 Å². The molecule has 232 valence electrons. The van der Waals surface area contributed by atoms with E-state index in [0.717, 1.165) is 24.0 Å². The standard InChI is InChI=1S/C26H25F5N4O7S/c1-40-23(37)20(14-8-10-34(11-9-14)43(2,38)39)33-22(36)15-6-7-18-17(12-15)32-24(25(27,28)29)35(18)13-16-4-3-5-19-21(16)42-26(30,31)41-19/h3-7,12,14,20H,8-11,13H2,1-2H3,(H,33,36). The van der Waals surface area contributed by atoms with Gasteiger partial charge in [-0.3, -0.25) is 4.79 Å². The maximum Gasteiger partial charge on any atom is 0.586 e. The zero-order valence-corrected chi connectivity index (χ0v) is 23.5. The van der Waals surface area contributed by atoms with E-state index in [4.69, 9.17) is 4.74 Å². The second kappa shape index (κ2) is 10.9. The molecule has 0 spiro atoms. The molecule has 5 rings (SSSR count). The number of fused-ring (bicyclic) bond motifs is 2. The van der Waals surface area contributed by atoms with E-state index >= 15 is 0 Å². The van der Waals surface area contributed by atoms with Crippen molar-refractivity contribution in [1.29, 1.82) is 0 Å². The van der Waals surface area contributed by atoms with Crippen LogP contribution >= 0.6 is 0 Å². The highest BCUT2D eigenvalue weighted by Gasteiger charge is 2.45. The quantitative estimate of drug-likeness (QED) is 0.310. The Bertz CT molecular complexity index is 1680. The van der Waals surface area contributed by atoms with Crippen LogP contribution in [0, 0.1) is 5.92 Å². The van der Waals surface area contributed by atoms with Gasteiger partial charge in [0.25, 0.3) is 5.91 Å². The first-order valence-electron chi connectivity index (χ1n) is 12.9. The molecule has 1 atom stereocenters. The summed E-state index contributed by atoms with van der Waals surface area (Å²) in [5.74, 6) is -4.09. The van der Waals surface area contributed by atoms with Gasteiger partial charge in [0, 0.05) is 24.2 Å². The first kappa shape index (κ1) is 30.5. The predicted molar refractivity (Wildman–Crippen MR) is 139 cm³/mol. The van der Waals surface area contributed by atoms with Gasteiger partial charge in [0.05, 0.1) is 30.9 Å². The van der Waals surface area contributed by atoms with Crippen LogP contribution in [0.15, 0.2) is 36.4 Å². The number of carbonyl (C=O) groups is 2. The molecule has 17 heteroatoms. The number of amides is 1. The summed E-state index contributed by atoms with van der Waals surface area (Å²) in [7, 11) is -2.30. The van der Waals surface area contributed by atoms with Crippen molar-refractivity contribution in [3.8, 4) is 11.5 Å². The van der Waals surface area contributed by atoms with Gasteiger partial charge < -0.3 is 24.1 Å². The number of halogens is 5. The van der Waals surface area contributed by atoms with E-state index in [9.17, 15) is 40.0 Å². The van der Waals surface area contributed by atoms with Crippen LogP contribution in [-0.4, -0.2) is 72.9 Å². The third kappa shape index (κ3) is 6.22. The van der Waals surface area contributed by atoms with Crippen molar-refractivity contribution >= 4 is 32.9 Å². The number of alkyl halides is 5. The molecule has 11 nitrogen and oxygen atoms in total. The Kier molecular flexibility index (Phi) is 7.75. The van der Waals surface area contributed by atoms with Crippen LogP contribution in [0.2, 0.25) is 0 Å². The summed E-state index contributed by atoms with van der Waals surface area (Å²) in [5.41, 5.74) is -0.398. The average Bonchev–Trinajstić information content (AvgIpc) is 3.47. The van der Waals surface area contributed by atoms with Crippen LogP contribution in [0.1, 0.15) is 34.6 Å². The van der Waals surface area contributed by atoms with E-state index in [2.05, 4.69) is 19.8 Å². The first-order chi connectivity index (χ1) is 20.1. The van der Waals surface area contributed by atoms with Crippen LogP contribution in [0.4, 0.5) is 22.0 Å². The third-order valence-corrected chi connectivity index (χ3v) is 8.59. The fourth-order valence-electron chi connectivity index (χ4n) is 5.23. The number of hydrogen-bond donors (Lipinski definition) is 1. The number of sulfonamides is 1. The molecule has 1 fully saturated rings. The molecule has 2 aliphatic rings. The van der Waals surface area contributed by atoms with E-state index < -0.39 is 64.4 Å². The Morgan fingerprint density at radius 3 is 2.49 bits per heavy atom. The van der Waals surface area contributed by atoms with Crippen molar-refractivity contribution in [1.82, 2.24) is 19.2 Å². The van der Waals surface area contributed by atoms with Crippen LogP contribution < -0.4 is 14.8 Å². The molecule has 0 radical (unpaired) electrons. The topological polar surface area (TPSA) is 129 Å². The van der Waals surface area contributed by atoms with Crippen LogP contribution in [0.5, 0.6) is 11.5 Å². The summed E-state index contributed by atoms with van der Waals surface area (Å²) < 4.78 is 109. The Morgan fingerprint density at radius 1 is 1.16 bits per heavy atom. The Morgan fingerprint density at radius 2 is 1.86 bits per heavy atom. The lowest BCUT2D eigenvalue weighted by Gasteiger charge is -2.33. The van der Waals surface area contributed by atoms with Gasteiger partial charge in [0.15, 0.2) is 11.5 Å². The molecule has 43 heavy (non-hydrogen) atoms. The molecule has 2 aromatic carbocycles. The van der Waals surface area contributed by atoms with Gasteiger partial charge in [-0.15, -0.1) is 8.78 Å². The van der Waals surface area contributed by atoms with Crippen molar-refractivity contribution in [2.45, 2.75) is 37.9 Å². The summed E-state index contributed by atoms with van der Waals surface area (Å²) in [5, 5.41) is 2.56. The minimum Gasteiger partial charge on any atom is -0.467 e. The summed E-state index contributed by atoms with van der Waals surface area (Å²) in [6.07, 6.45) is -7.33. The second-order valence-electron chi connectivity index (χ2n) is 10.1. The highest BCUT2D eigenvalue weighted by atomic mass is 32.2. The minimum atomic E-state index is -4.95. The molecule has 1 saturated heterocycles. The highest BCUT2D eigenvalue weighted by molar-refractivity contribution is 7.88. The molecule has 0 bridgehead atoms. The molecule has 1 amide bonds. The summed E-state index contributed by atoms with van der Waals surface area (Å²) in [6.45, 7) is -0.290. The molecule has 1 aromatic heterocycles. The fraction of sp³-hybridized carbons (Fsp3) is 0.423. The van der Waals surface area contributed by atoms with E-state index in [1.165, 1.54) is 34.6 Å². The van der Waals surface area contributed by atoms with Gasteiger partial charge in [-0.25, -0.2) is 22.5 Å². The number of esters is 1.